The van der Waals surface area contributed by atoms with Gasteiger partial charge in [-0.2, -0.15) is 0 Å². The molecule has 1 saturated carbocycles. The van der Waals surface area contributed by atoms with Crippen LogP contribution in [0.2, 0.25) is 10.0 Å². The van der Waals surface area contributed by atoms with Crippen molar-refractivity contribution in [1.29, 1.82) is 0 Å². The van der Waals surface area contributed by atoms with E-state index in [1.54, 1.807) is 22.5 Å². The lowest BCUT2D eigenvalue weighted by Gasteiger charge is -2.46. The molecule has 1 unspecified atom stereocenters. The SMILES string of the molecule is Cc1ccc(C(CCC(C)(C)C)N2C(=O)C(c3cc(Cl)cc(Cl)c3)=NC23CCN(S(=O)(=O)C2CC2)CC3)cc1. The van der Waals surface area contributed by atoms with E-state index in [0.717, 1.165) is 36.8 Å². The Labute approximate surface area is 242 Å². The number of amides is 1. The van der Waals surface area contributed by atoms with Gasteiger partial charge in [-0.1, -0.05) is 73.8 Å². The van der Waals surface area contributed by atoms with Gasteiger partial charge in [0.2, 0.25) is 10.0 Å². The number of sulfonamides is 1. The smallest absolute Gasteiger partial charge is 0.275 e. The molecule has 1 aliphatic carbocycles. The molecule has 39 heavy (non-hydrogen) atoms. The molecule has 9 heteroatoms. The minimum Gasteiger partial charge on any atom is -0.305 e. The lowest BCUT2D eigenvalue weighted by Crippen LogP contribution is -2.55. The molecule has 3 aliphatic rings. The highest BCUT2D eigenvalue weighted by molar-refractivity contribution is 7.90. The quantitative estimate of drug-likeness (QED) is 0.357. The van der Waals surface area contributed by atoms with Crippen LogP contribution in [0.5, 0.6) is 0 Å². The Morgan fingerprint density at radius 3 is 2.15 bits per heavy atom. The maximum absolute atomic E-state index is 14.4. The van der Waals surface area contributed by atoms with Gasteiger partial charge in [-0.3, -0.25) is 9.79 Å². The molecule has 0 aromatic heterocycles. The summed E-state index contributed by atoms with van der Waals surface area (Å²) >= 11 is 12.7. The van der Waals surface area contributed by atoms with Crippen LogP contribution >= 0.6 is 23.2 Å². The summed E-state index contributed by atoms with van der Waals surface area (Å²) in [5, 5.41) is 0.620. The van der Waals surface area contributed by atoms with Crippen LogP contribution in [0, 0.1) is 12.3 Å². The van der Waals surface area contributed by atoms with Gasteiger partial charge in [0.05, 0.1) is 11.3 Å². The fraction of sp³-hybridized carbons (Fsp3) is 0.533. The predicted molar refractivity (Wildman–Crippen MR) is 158 cm³/mol. The van der Waals surface area contributed by atoms with E-state index in [4.69, 9.17) is 28.2 Å². The van der Waals surface area contributed by atoms with Crippen molar-refractivity contribution < 1.29 is 13.2 Å². The summed E-state index contributed by atoms with van der Waals surface area (Å²) in [6, 6.07) is 13.2. The highest BCUT2D eigenvalue weighted by atomic mass is 35.5. The van der Waals surface area contributed by atoms with Crippen molar-refractivity contribution >= 4 is 44.8 Å². The summed E-state index contributed by atoms with van der Waals surface area (Å²) in [6.07, 6.45) is 4.03. The first-order valence-electron chi connectivity index (χ1n) is 13.7. The number of carbonyl (C=O) groups excluding carboxylic acids is 1. The largest absolute Gasteiger partial charge is 0.305 e. The summed E-state index contributed by atoms with van der Waals surface area (Å²) < 4.78 is 27.7. The Balaban J connectivity index is 1.57. The van der Waals surface area contributed by atoms with Gasteiger partial charge in [-0.25, -0.2) is 12.7 Å². The summed E-state index contributed by atoms with van der Waals surface area (Å²) in [5.74, 6) is -0.161. The first-order valence-corrected chi connectivity index (χ1v) is 16.0. The van der Waals surface area contributed by atoms with Crippen LogP contribution in [-0.2, 0) is 14.8 Å². The maximum atomic E-state index is 14.4. The second-order valence-electron chi connectivity index (χ2n) is 12.4. The summed E-state index contributed by atoms with van der Waals surface area (Å²) in [4.78, 5) is 21.5. The lowest BCUT2D eigenvalue weighted by atomic mass is 9.85. The molecule has 0 radical (unpaired) electrons. The standard InChI is InChI=1S/C30H37Cl2N3O3S/c1-20-5-7-21(8-6-20)26(11-12-29(2,3)4)35-28(36)27(22-17-23(31)19-24(32)18-22)33-30(35)13-15-34(16-14-30)39(37,38)25-9-10-25/h5-8,17-19,25-26H,9-16H2,1-4H3. The first kappa shape index (κ1) is 28.6. The van der Waals surface area contributed by atoms with E-state index in [0.29, 0.717) is 47.3 Å². The van der Waals surface area contributed by atoms with Crippen molar-refractivity contribution in [3.05, 3.63) is 69.2 Å². The van der Waals surface area contributed by atoms with E-state index in [-0.39, 0.29) is 22.6 Å². The van der Waals surface area contributed by atoms with E-state index in [1.807, 2.05) is 4.90 Å². The van der Waals surface area contributed by atoms with Crippen LogP contribution in [-0.4, -0.2) is 53.2 Å². The number of hydrogen-bond acceptors (Lipinski definition) is 4. The van der Waals surface area contributed by atoms with Crippen molar-refractivity contribution in [3.8, 4) is 0 Å². The molecule has 2 aromatic rings. The number of nitrogens with zero attached hydrogens (tertiary/aromatic N) is 3. The highest BCUT2D eigenvalue weighted by Crippen LogP contribution is 2.46. The molecule has 0 N–H and O–H groups in total. The van der Waals surface area contributed by atoms with E-state index >= 15 is 0 Å². The van der Waals surface area contributed by atoms with Crippen LogP contribution in [0.4, 0.5) is 0 Å². The Kier molecular flexibility index (Phi) is 7.68. The Bertz CT molecular complexity index is 1370. The third-order valence-corrected chi connectivity index (χ3v) is 10.9. The molecule has 1 saturated heterocycles. The average Bonchev–Trinajstić information content (AvgIpc) is 3.67. The van der Waals surface area contributed by atoms with E-state index in [2.05, 4.69) is 52.0 Å². The lowest BCUT2D eigenvalue weighted by molar-refractivity contribution is -0.133. The Morgan fingerprint density at radius 1 is 1.03 bits per heavy atom. The third kappa shape index (κ3) is 5.92. The van der Waals surface area contributed by atoms with Crippen LogP contribution in [0.15, 0.2) is 47.5 Å². The number of aliphatic imine (C=N–C) groups is 1. The molecule has 2 fully saturated rings. The van der Waals surface area contributed by atoms with Crippen molar-refractivity contribution in [2.75, 3.05) is 13.1 Å². The predicted octanol–water partition coefficient (Wildman–Crippen LogP) is 6.79. The Morgan fingerprint density at radius 2 is 1.62 bits per heavy atom. The van der Waals surface area contributed by atoms with E-state index in [1.165, 1.54) is 0 Å². The number of aryl methyl sites for hydroxylation is 1. The van der Waals surface area contributed by atoms with Crippen LogP contribution in [0.1, 0.15) is 82.0 Å². The normalized spacial score (nSPS) is 20.9. The van der Waals surface area contributed by atoms with Crippen molar-refractivity contribution in [1.82, 2.24) is 9.21 Å². The zero-order valence-electron chi connectivity index (χ0n) is 23.1. The number of halogens is 2. The van der Waals surface area contributed by atoms with Gasteiger partial charge in [0.15, 0.2) is 0 Å². The molecule has 210 valence electrons. The van der Waals surface area contributed by atoms with Gasteiger partial charge in [0, 0.05) is 41.5 Å². The van der Waals surface area contributed by atoms with Gasteiger partial charge in [0.25, 0.3) is 5.91 Å². The summed E-state index contributed by atoms with van der Waals surface area (Å²) in [6.45, 7) is 9.36. The topological polar surface area (TPSA) is 70.1 Å². The molecule has 1 atom stereocenters. The van der Waals surface area contributed by atoms with E-state index < -0.39 is 15.7 Å². The van der Waals surface area contributed by atoms with Gasteiger partial charge >= 0.3 is 0 Å². The molecule has 1 amide bonds. The fourth-order valence-corrected chi connectivity index (χ4v) is 8.13. The molecule has 5 rings (SSSR count). The third-order valence-electron chi connectivity index (χ3n) is 8.10. The second kappa shape index (κ2) is 10.5. The average molecular weight is 591 g/mol. The molecule has 2 heterocycles. The molecule has 2 aromatic carbocycles. The number of carbonyl (C=O) groups is 1. The summed E-state index contributed by atoms with van der Waals surface area (Å²) in [5.41, 5.74) is 2.37. The monoisotopic (exact) mass is 589 g/mol. The highest BCUT2D eigenvalue weighted by Gasteiger charge is 2.53. The minimum atomic E-state index is -3.30. The van der Waals surface area contributed by atoms with Crippen LogP contribution in [0.3, 0.4) is 0 Å². The Hall–Kier alpha value is -1.93. The number of rotatable bonds is 7. The van der Waals surface area contributed by atoms with Crippen LogP contribution < -0.4 is 0 Å². The maximum Gasteiger partial charge on any atom is 0.275 e. The van der Waals surface area contributed by atoms with Crippen molar-refractivity contribution in [2.24, 2.45) is 10.4 Å². The summed E-state index contributed by atoms with van der Waals surface area (Å²) in [7, 11) is -3.30. The number of hydrogen-bond donors (Lipinski definition) is 0. The number of benzene rings is 2. The van der Waals surface area contributed by atoms with Crippen molar-refractivity contribution in [3.63, 3.8) is 0 Å². The molecule has 2 aliphatic heterocycles. The molecular weight excluding hydrogens is 553 g/mol. The van der Waals surface area contributed by atoms with Gasteiger partial charge in [-0.15, -0.1) is 0 Å². The molecular formula is C30H37Cl2N3O3S. The van der Waals surface area contributed by atoms with Gasteiger partial charge in [0.1, 0.15) is 11.4 Å². The molecule has 1 spiro atoms. The van der Waals surface area contributed by atoms with Gasteiger partial charge < -0.3 is 4.90 Å². The van der Waals surface area contributed by atoms with Crippen LogP contribution in [0.25, 0.3) is 0 Å². The minimum absolute atomic E-state index is 0.0742. The zero-order chi connectivity index (χ0) is 28.2. The molecule has 6 nitrogen and oxygen atoms in total. The zero-order valence-corrected chi connectivity index (χ0v) is 25.4. The molecule has 0 bridgehead atoms. The van der Waals surface area contributed by atoms with E-state index in [9.17, 15) is 13.2 Å². The fourth-order valence-electron chi connectivity index (χ4n) is 5.75. The first-order chi connectivity index (χ1) is 18.3. The second-order valence-corrected chi connectivity index (χ2v) is 15.5. The number of piperidine rings is 1. The van der Waals surface area contributed by atoms with Gasteiger partial charge in [-0.05, 0) is 61.8 Å². The van der Waals surface area contributed by atoms with Crippen molar-refractivity contribution in [2.45, 2.75) is 83.2 Å².